The van der Waals surface area contributed by atoms with Gasteiger partial charge in [0.25, 0.3) is 5.91 Å². The quantitative estimate of drug-likeness (QED) is 0.837. The monoisotopic (exact) mass is 305 g/mol. The molecule has 0 spiro atoms. The summed E-state index contributed by atoms with van der Waals surface area (Å²) in [5.41, 5.74) is 2.38. The molecule has 3 rings (SSSR count). The molecule has 0 bridgehead atoms. The smallest absolute Gasteiger partial charge is 0.259 e. The van der Waals surface area contributed by atoms with E-state index >= 15 is 0 Å². The molecular formula is C14H19N5O3. The van der Waals surface area contributed by atoms with E-state index in [0.717, 1.165) is 17.9 Å². The van der Waals surface area contributed by atoms with Gasteiger partial charge in [-0.2, -0.15) is 0 Å². The van der Waals surface area contributed by atoms with Crippen LogP contribution in [0.1, 0.15) is 40.3 Å². The molecule has 0 aromatic carbocycles. The summed E-state index contributed by atoms with van der Waals surface area (Å²) in [5.74, 6) is 0.487. The van der Waals surface area contributed by atoms with Crippen LogP contribution in [0.5, 0.6) is 0 Å². The highest BCUT2D eigenvalue weighted by Gasteiger charge is 2.34. The lowest BCUT2D eigenvalue weighted by Gasteiger charge is -2.32. The minimum absolute atomic E-state index is 0.0628. The van der Waals surface area contributed by atoms with Gasteiger partial charge in [0, 0.05) is 26.1 Å². The van der Waals surface area contributed by atoms with Crippen molar-refractivity contribution < 1.29 is 14.1 Å². The molecule has 3 heterocycles. The maximum atomic E-state index is 12.6. The first kappa shape index (κ1) is 14.7. The first-order chi connectivity index (χ1) is 10.7. The Labute approximate surface area is 128 Å². The fraction of sp³-hybridized carbons (Fsp3) is 0.571. The first-order valence-corrected chi connectivity index (χ1v) is 7.27. The third kappa shape index (κ3) is 2.39. The van der Waals surface area contributed by atoms with Gasteiger partial charge in [-0.15, -0.1) is 5.10 Å². The molecule has 2 aromatic rings. The van der Waals surface area contributed by atoms with E-state index in [1.54, 1.807) is 18.9 Å². The van der Waals surface area contributed by atoms with E-state index in [9.17, 15) is 4.79 Å². The number of nitrogens with zero attached hydrogens (tertiary/aromatic N) is 5. The van der Waals surface area contributed by atoms with Crippen molar-refractivity contribution in [3.63, 3.8) is 0 Å². The van der Waals surface area contributed by atoms with Crippen LogP contribution in [0, 0.1) is 6.92 Å². The van der Waals surface area contributed by atoms with Crippen LogP contribution in [0.15, 0.2) is 10.7 Å². The molecule has 0 saturated carbocycles. The molecule has 1 atom stereocenters. The second-order valence-electron chi connectivity index (χ2n) is 5.37. The molecule has 8 heteroatoms. The van der Waals surface area contributed by atoms with Crippen LogP contribution in [-0.2, 0) is 17.8 Å². The van der Waals surface area contributed by atoms with Crippen molar-refractivity contribution in [2.75, 3.05) is 20.3 Å². The summed E-state index contributed by atoms with van der Waals surface area (Å²) in [6, 6.07) is 0. The zero-order valence-electron chi connectivity index (χ0n) is 12.9. The predicted molar refractivity (Wildman–Crippen MR) is 76.3 cm³/mol. The largest absolute Gasteiger partial charge is 0.384 e. The molecule has 1 aliphatic heterocycles. The van der Waals surface area contributed by atoms with Crippen LogP contribution in [-0.4, -0.2) is 51.2 Å². The zero-order chi connectivity index (χ0) is 15.7. The Morgan fingerprint density at radius 1 is 1.55 bits per heavy atom. The Bertz CT molecular complexity index is 678. The lowest BCUT2D eigenvalue weighted by molar-refractivity contribution is 0.0671. The van der Waals surface area contributed by atoms with Gasteiger partial charge in [0.2, 0.25) is 0 Å². The van der Waals surface area contributed by atoms with Crippen LogP contribution in [0.2, 0.25) is 0 Å². The lowest BCUT2D eigenvalue weighted by Crippen LogP contribution is -2.40. The SMILES string of the molecule is CCn1nnc2c1[C@@H](COC)CN(C(=O)c1cnoc1C)C2. The number of rotatable bonds is 4. The highest BCUT2D eigenvalue weighted by molar-refractivity contribution is 5.94. The van der Waals surface area contributed by atoms with Gasteiger partial charge in [-0.1, -0.05) is 10.4 Å². The van der Waals surface area contributed by atoms with E-state index in [4.69, 9.17) is 9.26 Å². The maximum absolute atomic E-state index is 12.6. The molecule has 0 N–H and O–H groups in total. The second kappa shape index (κ2) is 5.88. The average Bonchev–Trinajstić information content (AvgIpc) is 3.12. The summed E-state index contributed by atoms with van der Waals surface area (Å²) in [6.45, 7) is 6.04. The summed E-state index contributed by atoms with van der Waals surface area (Å²) in [4.78, 5) is 14.4. The van der Waals surface area contributed by atoms with Crippen LogP contribution >= 0.6 is 0 Å². The molecule has 2 aromatic heterocycles. The molecule has 22 heavy (non-hydrogen) atoms. The number of aromatic nitrogens is 4. The molecule has 1 amide bonds. The van der Waals surface area contributed by atoms with Gasteiger partial charge in [-0.05, 0) is 13.8 Å². The van der Waals surface area contributed by atoms with Crippen molar-refractivity contribution in [3.05, 3.63) is 28.9 Å². The number of aryl methyl sites for hydroxylation is 2. The number of carbonyl (C=O) groups excluding carboxylic acids is 1. The number of amides is 1. The van der Waals surface area contributed by atoms with Crippen LogP contribution < -0.4 is 0 Å². The lowest BCUT2D eigenvalue weighted by atomic mass is 9.98. The van der Waals surface area contributed by atoms with Gasteiger partial charge in [0.05, 0.1) is 25.0 Å². The van der Waals surface area contributed by atoms with Gasteiger partial charge < -0.3 is 14.2 Å². The molecule has 0 fully saturated rings. The highest BCUT2D eigenvalue weighted by Crippen LogP contribution is 2.28. The van der Waals surface area contributed by atoms with E-state index < -0.39 is 0 Å². The molecule has 0 aliphatic carbocycles. The van der Waals surface area contributed by atoms with Gasteiger partial charge in [-0.3, -0.25) is 4.79 Å². The maximum Gasteiger partial charge on any atom is 0.259 e. The minimum Gasteiger partial charge on any atom is -0.384 e. The second-order valence-corrected chi connectivity index (χ2v) is 5.37. The Kier molecular flexibility index (Phi) is 3.93. The highest BCUT2D eigenvalue weighted by atomic mass is 16.5. The standard InChI is InChI=1S/C14H19N5O3/c1-4-19-13-10(8-21-3)6-18(7-12(13)16-17-19)14(20)11-5-15-22-9(11)2/h5,10H,4,6-8H2,1-3H3/t10-/m1/s1. The van der Waals surface area contributed by atoms with E-state index in [-0.39, 0.29) is 11.8 Å². The third-order valence-electron chi connectivity index (χ3n) is 3.95. The Morgan fingerprint density at radius 3 is 3.00 bits per heavy atom. The van der Waals surface area contributed by atoms with Crippen LogP contribution in [0.3, 0.4) is 0 Å². The molecule has 1 aliphatic rings. The first-order valence-electron chi connectivity index (χ1n) is 7.27. The normalized spacial score (nSPS) is 17.6. The Hall–Kier alpha value is -2.22. The average molecular weight is 305 g/mol. The Morgan fingerprint density at radius 2 is 2.36 bits per heavy atom. The fourth-order valence-electron chi connectivity index (χ4n) is 2.91. The molecular weight excluding hydrogens is 286 g/mol. The van der Waals surface area contributed by atoms with Gasteiger partial charge in [0.15, 0.2) is 0 Å². The minimum atomic E-state index is -0.100. The third-order valence-corrected chi connectivity index (χ3v) is 3.95. The summed E-state index contributed by atoms with van der Waals surface area (Å²) >= 11 is 0. The van der Waals surface area contributed by atoms with Crippen molar-refractivity contribution in [3.8, 4) is 0 Å². The van der Waals surface area contributed by atoms with E-state index in [0.29, 0.717) is 31.0 Å². The van der Waals surface area contributed by atoms with Crippen molar-refractivity contribution in [1.82, 2.24) is 25.1 Å². The Balaban J connectivity index is 1.90. The fourth-order valence-corrected chi connectivity index (χ4v) is 2.91. The number of hydrogen-bond donors (Lipinski definition) is 0. The number of fused-ring (bicyclic) bond motifs is 1. The molecule has 118 valence electrons. The predicted octanol–water partition coefficient (Wildman–Crippen LogP) is 0.980. The van der Waals surface area contributed by atoms with Gasteiger partial charge >= 0.3 is 0 Å². The van der Waals surface area contributed by atoms with Crippen LogP contribution in [0.4, 0.5) is 0 Å². The molecule has 0 radical (unpaired) electrons. The molecule has 0 saturated heterocycles. The van der Waals surface area contributed by atoms with Crippen LogP contribution in [0.25, 0.3) is 0 Å². The summed E-state index contributed by atoms with van der Waals surface area (Å²) in [5, 5.41) is 12.1. The number of methoxy groups -OCH3 is 1. The van der Waals surface area contributed by atoms with E-state index in [2.05, 4.69) is 15.5 Å². The van der Waals surface area contributed by atoms with Crippen molar-refractivity contribution in [2.45, 2.75) is 32.9 Å². The topological polar surface area (TPSA) is 86.3 Å². The van der Waals surface area contributed by atoms with Gasteiger partial charge in [-0.25, -0.2) is 4.68 Å². The summed E-state index contributed by atoms with van der Waals surface area (Å²) in [6.07, 6.45) is 1.46. The van der Waals surface area contributed by atoms with Crippen molar-refractivity contribution in [1.29, 1.82) is 0 Å². The van der Waals surface area contributed by atoms with Crippen molar-refractivity contribution in [2.24, 2.45) is 0 Å². The van der Waals surface area contributed by atoms with Crippen molar-refractivity contribution >= 4 is 5.91 Å². The van der Waals surface area contributed by atoms with E-state index in [1.807, 2.05) is 11.6 Å². The molecule has 8 nitrogen and oxygen atoms in total. The number of ether oxygens (including phenoxy) is 1. The summed E-state index contributed by atoms with van der Waals surface area (Å²) in [7, 11) is 1.66. The summed E-state index contributed by atoms with van der Waals surface area (Å²) < 4.78 is 12.2. The van der Waals surface area contributed by atoms with E-state index in [1.165, 1.54) is 6.20 Å². The number of carbonyl (C=O) groups is 1. The number of hydrogen-bond acceptors (Lipinski definition) is 6. The zero-order valence-corrected chi connectivity index (χ0v) is 12.9. The molecule has 0 unspecified atom stereocenters. The van der Waals surface area contributed by atoms with Gasteiger partial charge in [0.1, 0.15) is 17.0 Å².